The van der Waals surface area contributed by atoms with Crippen LogP contribution in [0.3, 0.4) is 0 Å². The van der Waals surface area contributed by atoms with Crippen molar-refractivity contribution < 1.29 is 13.5 Å². The van der Waals surface area contributed by atoms with E-state index in [1.165, 1.54) is 25.0 Å². The average molecular weight is 283 g/mol. The molecule has 0 saturated heterocycles. The van der Waals surface area contributed by atoms with Crippen LogP contribution in [-0.4, -0.2) is 25.8 Å². The Morgan fingerprint density at radius 1 is 1.25 bits per heavy atom. The Balaban J connectivity index is 2.09. The van der Waals surface area contributed by atoms with Crippen LogP contribution in [0.15, 0.2) is 18.2 Å². The molecule has 0 radical (unpaired) electrons. The summed E-state index contributed by atoms with van der Waals surface area (Å²) in [5.74, 6) is -0.461. The maximum atomic E-state index is 13.3. The van der Waals surface area contributed by atoms with Crippen LogP contribution in [0.2, 0.25) is 0 Å². The fraction of sp³-hybridized carbons (Fsp3) is 0.625. The van der Waals surface area contributed by atoms with Gasteiger partial charge in [0.25, 0.3) is 0 Å². The van der Waals surface area contributed by atoms with E-state index in [2.05, 4.69) is 12.2 Å². The predicted octanol–water partition coefficient (Wildman–Crippen LogP) is 3.30. The van der Waals surface area contributed by atoms with Gasteiger partial charge in [-0.1, -0.05) is 6.92 Å². The molecule has 0 amide bonds. The number of halogens is 2. The van der Waals surface area contributed by atoms with Gasteiger partial charge in [-0.15, -0.1) is 0 Å². The molecule has 0 spiro atoms. The van der Waals surface area contributed by atoms with Gasteiger partial charge in [0.1, 0.15) is 11.6 Å². The molecule has 1 N–H and O–H groups in total. The number of benzene rings is 1. The highest BCUT2D eigenvalue weighted by Crippen LogP contribution is 2.36. The molecule has 0 bridgehead atoms. The number of ether oxygens (including phenoxy) is 1. The first kappa shape index (κ1) is 15.4. The summed E-state index contributed by atoms with van der Waals surface area (Å²) in [6.07, 6.45) is 4.09. The molecule has 1 aromatic rings. The first-order valence-electron chi connectivity index (χ1n) is 7.35. The molecule has 2 unspecified atom stereocenters. The van der Waals surface area contributed by atoms with Gasteiger partial charge in [0, 0.05) is 19.2 Å². The summed E-state index contributed by atoms with van der Waals surface area (Å²) in [7, 11) is 1.72. The van der Waals surface area contributed by atoms with Gasteiger partial charge in [-0.3, -0.25) is 0 Å². The first-order valence-corrected chi connectivity index (χ1v) is 7.35. The highest BCUT2D eigenvalue weighted by atomic mass is 19.1. The molecule has 1 saturated carbocycles. The van der Waals surface area contributed by atoms with Gasteiger partial charge in [0.15, 0.2) is 0 Å². The van der Waals surface area contributed by atoms with E-state index in [1.807, 2.05) is 0 Å². The van der Waals surface area contributed by atoms with Crippen molar-refractivity contribution in [2.45, 2.75) is 44.8 Å². The Bertz CT molecular complexity index is 414. The van der Waals surface area contributed by atoms with Crippen molar-refractivity contribution in [3.63, 3.8) is 0 Å². The second-order valence-corrected chi connectivity index (χ2v) is 5.58. The minimum absolute atomic E-state index is 0.105. The molecule has 0 heterocycles. The normalized spacial score (nSPS) is 18.0. The Morgan fingerprint density at radius 2 is 1.90 bits per heavy atom. The number of nitrogens with one attached hydrogen (secondary N) is 1. The average Bonchev–Trinajstić information content (AvgIpc) is 3.20. The molecule has 2 rings (SSSR count). The van der Waals surface area contributed by atoms with Crippen molar-refractivity contribution in [2.75, 3.05) is 13.7 Å². The molecular formula is C16H23F2NO. The van der Waals surface area contributed by atoms with E-state index in [4.69, 9.17) is 4.74 Å². The van der Waals surface area contributed by atoms with E-state index in [0.29, 0.717) is 17.9 Å². The zero-order valence-corrected chi connectivity index (χ0v) is 12.2. The van der Waals surface area contributed by atoms with Crippen molar-refractivity contribution in [1.82, 2.24) is 5.32 Å². The third-order valence-electron chi connectivity index (χ3n) is 3.79. The molecule has 2 atom stereocenters. The molecule has 0 aliphatic heterocycles. The van der Waals surface area contributed by atoms with Gasteiger partial charge in [-0.2, -0.15) is 0 Å². The Kier molecular flexibility index (Phi) is 5.49. The van der Waals surface area contributed by atoms with E-state index in [1.54, 1.807) is 7.11 Å². The van der Waals surface area contributed by atoms with Crippen molar-refractivity contribution in [1.29, 1.82) is 0 Å². The quantitative estimate of drug-likeness (QED) is 0.790. The Labute approximate surface area is 119 Å². The van der Waals surface area contributed by atoms with Crippen LogP contribution >= 0.6 is 0 Å². The van der Waals surface area contributed by atoms with Crippen LogP contribution in [0.1, 0.15) is 31.7 Å². The van der Waals surface area contributed by atoms with Crippen molar-refractivity contribution in [3.8, 4) is 0 Å². The second kappa shape index (κ2) is 7.14. The molecule has 1 aromatic carbocycles. The molecule has 112 valence electrons. The van der Waals surface area contributed by atoms with E-state index >= 15 is 0 Å². The van der Waals surface area contributed by atoms with Gasteiger partial charge in [0.2, 0.25) is 0 Å². The summed E-state index contributed by atoms with van der Waals surface area (Å²) in [5.41, 5.74) is 0.679. The summed E-state index contributed by atoms with van der Waals surface area (Å²) < 4.78 is 32.2. The fourth-order valence-corrected chi connectivity index (χ4v) is 2.73. The lowest BCUT2D eigenvalue weighted by atomic mass is 9.97. The summed E-state index contributed by atoms with van der Waals surface area (Å²) in [5, 5.41) is 3.46. The third-order valence-corrected chi connectivity index (χ3v) is 3.79. The fourth-order valence-electron chi connectivity index (χ4n) is 2.73. The smallest absolute Gasteiger partial charge is 0.126 e. The van der Waals surface area contributed by atoms with Gasteiger partial charge < -0.3 is 10.1 Å². The lowest BCUT2D eigenvalue weighted by Gasteiger charge is -2.27. The summed E-state index contributed by atoms with van der Waals surface area (Å²) >= 11 is 0. The molecule has 1 aliphatic rings. The Hall–Kier alpha value is -1.00. The highest BCUT2D eigenvalue weighted by molar-refractivity contribution is 5.19. The maximum Gasteiger partial charge on any atom is 0.126 e. The number of hydrogen-bond donors (Lipinski definition) is 1. The molecule has 1 fully saturated rings. The minimum Gasteiger partial charge on any atom is -0.380 e. The van der Waals surface area contributed by atoms with Crippen molar-refractivity contribution in [2.24, 2.45) is 5.92 Å². The summed E-state index contributed by atoms with van der Waals surface area (Å²) in [6, 6.07) is 3.83. The lowest BCUT2D eigenvalue weighted by Crippen LogP contribution is -2.44. The second-order valence-electron chi connectivity index (χ2n) is 5.58. The van der Waals surface area contributed by atoms with Crippen LogP contribution < -0.4 is 5.32 Å². The zero-order chi connectivity index (χ0) is 14.5. The van der Waals surface area contributed by atoms with Crippen LogP contribution in [0, 0.1) is 17.6 Å². The van der Waals surface area contributed by atoms with E-state index in [-0.39, 0.29) is 12.1 Å². The monoisotopic (exact) mass is 283 g/mol. The molecule has 1 aliphatic carbocycles. The van der Waals surface area contributed by atoms with Crippen LogP contribution in [0.5, 0.6) is 0 Å². The predicted molar refractivity (Wildman–Crippen MR) is 75.7 cm³/mol. The summed E-state index contributed by atoms with van der Waals surface area (Å²) in [4.78, 5) is 0. The first-order chi connectivity index (χ1) is 9.63. The Morgan fingerprint density at radius 3 is 2.40 bits per heavy atom. The van der Waals surface area contributed by atoms with Gasteiger partial charge in [-0.05, 0) is 55.8 Å². The van der Waals surface area contributed by atoms with E-state index in [9.17, 15) is 8.78 Å². The number of rotatable bonds is 8. The molecule has 20 heavy (non-hydrogen) atoms. The number of hydrogen-bond acceptors (Lipinski definition) is 2. The standard InChI is InChI=1S/C16H23F2NO/c1-3-6-19-15(16(20-2)12-4-5-12)9-11-7-13(17)10-14(18)8-11/h7-8,10,12,15-16,19H,3-6,9H2,1-2H3. The van der Waals surface area contributed by atoms with Gasteiger partial charge in [0.05, 0.1) is 6.10 Å². The third kappa shape index (κ3) is 4.25. The highest BCUT2D eigenvalue weighted by Gasteiger charge is 2.36. The SMILES string of the molecule is CCCNC(Cc1cc(F)cc(F)c1)C(OC)C1CC1. The molecular weight excluding hydrogens is 260 g/mol. The molecule has 0 aromatic heterocycles. The molecule has 4 heteroatoms. The lowest BCUT2D eigenvalue weighted by molar-refractivity contribution is 0.0511. The van der Waals surface area contributed by atoms with Gasteiger partial charge >= 0.3 is 0 Å². The van der Waals surface area contributed by atoms with Crippen molar-refractivity contribution in [3.05, 3.63) is 35.4 Å². The largest absolute Gasteiger partial charge is 0.380 e. The molecule has 2 nitrogen and oxygen atoms in total. The number of methoxy groups -OCH3 is 1. The topological polar surface area (TPSA) is 21.3 Å². The van der Waals surface area contributed by atoms with E-state index < -0.39 is 11.6 Å². The zero-order valence-electron chi connectivity index (χ0n) is 12.2. The minimum atomic E-state index is -0.519. The maximum absolute atomic E-state index is 13.3. The summed E-state index contributed by atoms with van der Waals surface area (Å²) in [6.45, 7) is 2.99. The van der Waals surface area contributed by atoms with Gasteiger partial charge in [-0.25, -0.2) is 8.78 Å². The van der Waals surface area contributed by atoms with Crippen molar-refractivity contribution >= 4 is 0 Å². The van der Waals surface area contributed by atoms with Crippen LogP contribution in [0.25, 0.3) is 0 Å². The van der Waals surface area contributed by atoms with Crippen LogP contribution in [0.4, 0.5) is 8.78 Å². The van der Waals surface area contributed by atoms with Crippen LogP contribution in [-0.2, 0) is 11.2 Å². The van der Waals surface area contributed by atoms with E-state index in [0.717, 1.165) is 19.0 Å².